The minimum Gasteiger partial charge on any atom is -0.478 e. The van der Waals surface area contributed by atoms with Crippen molar-refractivity contribution in [2.45, 2.75) is 19.3 Å². The van der Waals surface area contributed by atoms with E-state index in [4.69, 9.17) is 21.1 Å². The number of fused-ring (bicyclic) bond motifs is 1. The highest BCUT2D eigenvalue weighted by atomic mass is 35.5. The molecule has 2 aromatic carbocycles. The molecule has 0 bridgehead atoms. The summed E-state index contributed by atoms with van der Waals surface area (Å²) in [6, 6.07) is 19.9. The molecule has 0 saturated heterocycles. The average molecular weight is 456 g/mol. The fourth-order valence-corrected chi connectivity index (χ4v) is 4.53. The zero-order valence-corrected chi connectivity index (χ0v) is 18.6. The average Bonchev–Trinajstić information content (AvgIpc) is 3.21. The minimum absolute atomic E-state index is 0.375. The number of aliphatic carboxylic acids is 1. The first kappa shape index (κ1) is 21.2. The Morgan fingerprint density at radius 3 is 2.55 bits per heavy atom. The van der Waals surface area contributed by atoms with Gasteiger partial charge in [0.2, 0.25) is 0 Å². The molecule has 0 radical (unpaired) electrons. The smallest absolute Gasteiger partial charge is 0.328 e. The number of hydrogen-bond donors (Lipinski definition) is 1. The molecule has 5 rings (SSSR count). The summed E-state index contributed by atoms with van der Waals surface area (Å²) >= 11 is 6.65. The van der Waals surface area contributed by atoms with Crippen molar-refractivity contribution in [2.75, 3.05) is 0 Å². The monoisotopic (exact) mass is 455 g/mol. The lowest BCUT2D eigenvalue weighted by Gasteiger charge is -2.31. The number of hydrogen-bond acceptors (Lipinski definition) is 3. The van der Waals surface area contributed by atoms with Gasteiger partial charge in [-0.1, -0.05) is 60.5 Å². The molecule has 0 atom stereocenters. The second-order valence-corrected chi connectivity index (χ2v) is 8.62. The molecule has 1 N–H and O–H groups in total. The third-order valence-electron chi connectivity index (χ3n) is 6.14. The maximum Gasteiger partial charge on any atom is 0.328 e. The van der Waals surface area contributed by atoms with Gasteiger partial charge in [-0.25, -0.2) is 4.79 Å². The van der Waals surface area contributed by atoms with Crippen LogP contribution in [-0.4, -0.2) is 16.1 Å². The Morgan fingerprint density at radius 1 is 1.09 bits per heavy atom. The summed E-state index contributed by atoms with van der Waals surface area (Å²) in [7, 11) is 0. The van der Waals surface area contributed by atoms with E-state index in [9.17, 15) is 4.79 Å². The van der Waals surface area contributed by atoms with Crippen molar-refractivity contribution in [2.24, 2.45) is 5.92 Å². The lowest BCUT2D eigenvalue weighted by molar-refractivity contribution is -0.131. The number of carboxylic acid groups (broad SMARTS) is 1. The summed E-state index contributed by atoms with van der Waals surface area (Å²) in [5.41, 5.74) is 5.80. The molecule has 1 aliphatic carbocycles. The second-order valence-electron chi connectivity index (χ2n) is 8.21. The van der Waals surface area contributed by atoms with Crippen LogP contribution in [0.4, 0.5) is 0 Å². The molecule has 4 nitrogen and oxygen atoms in total. The van der Waals surface area contributed by atoms with Crippen LogP contribution in [0.15, 0.2) is 83.6 Å². The number of aromatic nitrogens is 1. The van der Waals surface area contributed by atoms with E-state index < -0.39 is 5.97 Å². The molecular formula is C28H22ClNO3. The number of halogens is 1. The summed E-state index contributed by atoms with van der Waals surface area (Å²) in [6.45, 7) is 0. The van der Waals surface area contributed by atoms with Gasteiger partial charge in [-0.15, -0.1) is 0 Å². The van der Waals surface area contributed by atoms with Gasteiger partial charge in [0.05, 0.1) is 5.02 Å². The summed E-state index contributed by atoms with van der Waals surface area (Å²) < 4.78 is 6.35. The van der Waals surface area contributed by atoms with Crippen molar-refractivity contribution in [3.63, 3.8) is 0 Å². The van der Waals surface area contributed by atoms with Crippen molar-refractivity contribution >= 4 is 45.8 Å². The molecule has 0 spiro atoms. The number of carboxylic acids is 1. The number of para-hydroxylation sites is 1. The predicted molar refractivity (Wildman–Crippen MR) is 132 cm³/mol. The molecule has 1 fully saturated rings. The van der Waals surface area contributed by atoms with Gasteiger partial charge in [-0.3, -0.25) is 4.98 Å². The maximum atomic E-state index is 10.9. The third kappa shape index (κ3) is 4.35. The fourth-order valence-electron chi connectivity index (χ4n) is 4.31. The summed E-state index contributed by atoms with van der Waals surface area (Å²) in [5, 5.41) is 10.6. The molecule has 2 heterocycles. The van der Waals surface area contributed by atoms with Crippen LogP contribution in [0.3, 0.4) is 0 Å². The number of rotatable bonds is 6. The normalized spacial score (nSPS) is 14.9. The Labute approximate surface area is 196 Å². The van der Waals surface area contributed by atoms with Gasteiger partial charge >= 0.3 is 5.97 Å². The highest BCUT2D eigenvalue weighted by molar-refractivity contribution is 6.32. The standard InChI is InChI=1S/C28H22ClNO3/c29-23-17-30-15-14-22(23)27(19-5-3-6-19)28(25-16-21-4-1-2-7-24(21)33-25)20-11-8-18(9-12-20)10-13-26(31)32/h1-2,4,7-17,19H,3,5-6H2,(H,31,32)/b13-10+,28-27+. The van der Waals surface area contributed by atoms with Crippen molar-refractivity contribution in [1.29, 1.82) is 0 Å². The molecular weight excluding hydrogens is 434 g/mol. The third-order valence-corrected chi connectivity index (χ3v) is 6.44. The molecule has 0 amide bonds. The maximum absolute atomic E-state index is 10.9. The largest absolute Gasteiger partial charge is 0.478 e. The first-order valence-corrected chi connectivity index (χ1v) is 11.3. The van der Waals surface area contributed by atoms with E-state index in [0.29, 0.717) is 10.9 Å². The minimum atomic E-state index is -0.971. The Balaban J connectivity index is 1.74. The van der Waals surface area contributed by atoms with Gasteiger partial charge in [0.1, 0.15) is 11.3 Å². The van der Waals surface area contributed by atoms with Gasteiger partial charge in [-0.05, 0) is 59.7 Å². The van der Waals surface area contributed by atoms with Crippen LogP contribution in [0.1, 0.15) is 41.7 Å². The van der Waals surface area contributed by atoms with E-state index in [1.54, 1.807) is 18.5 Å². The van der Waals surface area contributed by atoms with Crippen LogP contribution in [-0.2, 0) is 4.79 Å². The van der Waals surface area contributed by atoms with Crippen molar-refractivity contribution in [3.05, 3.63) is 107 Å². The molecule has 1 aliphatic rings. The highest BCUT2D eigenvalue weighted by Gasteiger charge is 2.29. The number of nitrogens with zero attached hydrogens (tertiary/aromatic N) is 1. The summed E-state index contributed by atoms with van der Waals surface area (Å²) in [6.07, 6.45) is 9.56. The SMILES string of the molecule is O=C(O)/C=C/c1ccc(/C(=C(\c2ccncc2Cl)C2CCC2)c2cc3ccccc3o2)cc1. The molecule has 5 heteroatoms. The van der Waals surface area contributed by atoms with Crippen LogP contribution < -0.4 is 0 Å². The Hall–Kier alpha value is -3.63. The van der Waals surface area contributed by atoms with E-state index >= 15 is 0 Å². The zero-order valence-electron chi connectivity index (χ0n) is 17.9. The van der Waals surface area contributed by atoms with Gasteiger partial charge in [0.25, 0.3) is 0 Å². The second kappa shape index (κ2) is 9.08. The molecule has 1 saturated carbocycles. The van der Waals surface area contributed by atoms with Crippen LogP contribution >= 0.6 is 11.6 Å². The first-order valence-electron chi connectivity index (χ1n) is 10.9. The number of benzene rings is 2. The molecule has 4 aromatic rings. The van der Waals surface area contributed by atoms with E-state index in [-0.39, 0.29) is 0 Å². The lowest BCUT2D eigenvalue weighted by atomic mass is 9.74. The lowest BCUT2D eigenvalue weighted by Crippen LogP contribution is -2.15. The molecule has 0 unspecified atom stereocenters. The first-order chi connectivity index (χ1) is 16.1. The number of carbonyl (C=O) groups is 1. The number of allylic oxidation sites excluding steroid dienone is 1. The highest BCUT2D eigenvalue weighted by Crippen LogP contribution is 2.47. The van der Waals surface area contributed by atoms with Gasteiger partial charge < -0.3 is 9.52 Å². The molecule has 2 aromatic heterocycles. The van der Waals surface area contributed by atoms with Gasteiger partial charge in [0, 0.05) is 35.0 Å². The van der Waals surface area contributed by atoms with Crippen molar-refractivity contribution in [1.82, 2.24) is 4.98 Å². The van der Waals surface area contributed by atoms with Crippen molar-refractivity contribution < 1.29 is 14.3 Å². The quantitative estimate of drug-likeness (QED) is 0.309. The summed E-state index contributed by atoms with van der Waals surface area (Å²) in [5.74, 6) is 0.195. The van der Waals surface area contributed by atoms with Gasteiger partial charge in [0.15, 0.2) is 0 Å². The Bertz CT molecular complexity index is 1340. The topological polar surface area (TPSA) is 63.3 Å². The van der Waals surface area contributed by atoms with Crippen LogP contribution in [0.5, 0.6) is 0 Å². The van der Waals surface area contributed by atoms with Crippen LogP contribution in [0.25, 0.3) is 28.2 Å². The molecule has 33 heavy (non-hydrogen) atoms. The fraction of sp³-hybridized carbons (Fsp3) is 0.143. The Kier molecular flexibility index (Phi) is 5.84. The van der Waals surface area contributed by atoms with Crippen LogP contribution in [0.2, 0.25) is 5.02 Å². The van der Waals surface area contributed by atoms with E-state index in [0.717, 1.165) is 57.9 Å². The predicted octanol–water partition coefficient (Wildman–Crippen LogP) is 7.34. The molecule has 0 aliphatic heterocycles. The Morgan fingerprint density at radius 2 is 1.88 bits per heavy atom. The van der Waals surface area contributed by atoms with E-state index in [1.165, 1.54) is 12.0 Å². The molecule has 164 valence electrons. The van der Waals surface area contributed by atoms with E-state index in [1.807, 2.05) is 54.6 Å². The summed E-state index contributed by atoms with van der Waals surface area (Å²) in [4.78, 5) is 15.1. The van der Waals surface area contributed by atoms with Gasteiger partial charge in [-0.2, -0.15) is 0 Å². The number of furan rings is 1. The number of pyridine rings is 1. The van der Waals surface area contributed by atoms with Crippen molar-refractivity contribution in [3.8, 4) is 0 Å². The van der Waals surface area contributed by atoms with E-state index in [2.05, 4.69) is 11.1 Å². The van der Waals surface area contributed by atoms with Crippen LogP contribution in [0, 0.1) is 5.92 Å². The zero-order chi connectivity index (χ0) is 22.8.